The van der Waals surface area contributed by atoms with Gasteiger partial charge in [0.2, 0.25) is 15.9 Å². The van der Waals surface area contributed by atoms with Crippen LogP contribution in [0.1, 0.15) is 38.9 Å². The maximum atomic E-state index is 13.0. The molecule has 7 nitrogen and oxygen atoms in total. The van der Waals surface area contributed by atoms with Crippen LogP contribution in [0.15, 0.2) is 23.1 Å². The Kier molecular flexibility index (Phi) is 7.18. The molecule has 0 aliphatic carbocycles. The summed E-state index contributed by atoms with van der Waals surface area (Å²) >= 11 is 0. The van der Waals surface area contributed by atoms with Gasteiger partial charge in [-0.25, -0.2) is 13.4 Å². The van der Waals surface area contributed by atoms with Gasteiger partial charge in [0.25, 0.3) is 0 Å². The number of likely N-dealkylation sites (tertiary alicyclic amines) is 1. The van der Waals surface area contributed by atoms with Crippen molar-refractivity contribution in [1.82, 2.24) is 18.8 Å². The first-order chi connectivity index (χ1) is 15.0. The number of nitrogens with zero attached hydrogens (tertiary/aromatic N) is 4. The molecule has 0 saturated carbocycles. The van der Waals surface area contributed by atoms with Gasteiger partial charge in [-0.2, -0.15) is 17.5 Å². The topological polar surface area (TPSA) is 75.5 Å². The van der Waals surface area contributed by atoms with Crippen LogP contribution in [0, 0.1) is 5.92 Å². The van der Waals surface area contributed by atoms with E-state index in [0.717, 1.165) is 5.52 Å². The number of rotatable bonds is 7. The molecule has 2 aromatic rings. The Morgan fingerprint density at radius 2 is 1.94 bits per heavy atom. The van der Waals surface area contributed by atoms with Gasteiger partial charge in [-0.15, -0.1) is 0 Å². The number of benzene rings is 1. The molecule has 0 spiro atoms. The quantitative estimate of drug-likeness (QED) is 0.617. The molecule has 11 heteroatoms. The van der Waals surface area contributed by atoms with E-state index < -0.39 is 22.1 Å². The summed E-state index contributed by atoms with van der Waals surface area (Å²) in [6.07, 6.45) is -3.59. The van der Waals surface area contributed by atoms with Crippen LogP contribution in [-0.2, 0) is 28.3 Å². The minimum absolute atomic E-state index is 0.0480. The SMILES string of the molecule is CCN(CC)S(=O)(=O)c1ccc2c(c1)nc(CCC(=O)N1CCCC(C(F)(F)F)C1)n2C. The van der Waals surface area contributed by atoms with E-state index in [1.807, 2.05) is 0 Å². The fourth-order valence-corrected chi connectivity index (χ4v) is 5.65. The lowest BCUT2D eigenvalue weighted by Crippen LogP contribution is -2.44. The van der Waals surface area contributed by atoms with Crippen LogP contribution in [0.3, 0.4) is 0 Å². The van der Waals surface area contributed by atoms with Gasteiger partial charge < -0.3 is 9.47 Å². The first kappa shape index (κ1) is 24.5. The van der Waals surface area contributed by atoms with Crippen molar-refractivity contribution in [2.45, 2.75) is 50.6 Å². The summed E-state index contributed by atoms with van der Waals surface area (Å²) < 4.78 is 67.7. The van der Waals surface area contributed by atoms with Crippen LogP contribution in [0.2, 0.25) is 0 Å². The maximum absolute atomic E-state index is 13.0. The number of amides is 1. The molecule has 32 heavy (non-hydrogen) atoms. The van der Waals surface area contributed by atoms with Gasteiger partial charge in [-0.05, 0) is 31.0 Å². The maximum Gasteiger partial charge on any atom is 0.393 e. The van der Waals surface area contributed by atoms with Gasteiger partial charge in [-0.3, -0.25) is 4.79 Å². The number of piperidine rings is 1. The number of aromatic nitrogens is 2. The number of fused-ring (bicyclic) bond motifs is 1. The molecule has 1 saturated heterocycles. The molecule has 1 aromatic carbocycles. The van der Waals surface area contributed by atoms with Gasteiger partial charge in [0.15, 0.2) is 0 Å². The fourth-order valence-electron chi connectivity index (χ4n) is 4.17. The minimum Gasteiger partial charge on any atom is -0.342 e. The summed E-state index contributed by atoms with van der Waals surface area (Å²) in [5.41, 5.74) is 1.22. The normalized spacial score (nSPS) is 18.0. The van der Waals surface area contributed by atoms with Gasteiger partial charge in [-0.1, -0.05) is 13.8 Å². The van der Waals surface area contributed by atoms with E-state index >= 15 is 0 Å². The molecule has 1 fully saturated rings. The largest absolute Gasteiger partial charge is 0.393 e. The van der Waals surface area contributed by atoms with Crippen molar-refractivity contribution in [3.05, 3.63) is 24.0 Å². The monoisotopic (exact) mass is 474 g/mol. The highest BCUT2D eigenvalue weighted by Crippen LogP contribution is 2.33. The van der Waals surface area contributed by atoms with Gasteiger partial charge in [0.1, 0.15) is 5.82 Å². The number of sulfonamides is 1. The predicted octanol–water partition coefficient (Wildman–Crippen LogP) is 3.34. The molecule has 1 amide bonds. The second kappa shape index (κ2) is 9.38. The molecule has 0 N–H and O–H groups in total. The summed E-state index contributed by atoms with van der Waals surface area (Å²) in [6.45, 7) is 4.30. The van der Waals surface area contributed by atoms with Crippen molar-refractivity contribution in [1.29, 1.82) is 0 Å². The Balaban J connectivity index is 1.74. The molecule has 0 bridgehead atoms. The van der Waals surface area contributed by atoms with E-state index in [4.69, 9.17) is 0 Å². The van der Waals surface area contributed by atoms with E-state index in [2.05, 4.69) is 4.98 Å². The van der Waals surface area contributed by atoms with Crippen molar-refractivity contribution < 1.29 is 26.4 Å². The smallest absolute Gasteiger partial charge is 0.342 e. The number of imidazole rings is 1. The van der Waals surface area contributed by atoms with Crippen molar-refractivity contribution in [2.24, 2.45) is 13.0 Å². The summed E-state index contributed by atoms with van der Waals surface area (Å²) in [6, 6.07) is 4.74. The highest BCUT2D eigenvalue weighted by atomic mass is 32.2. The van der Waals surface area contributed by atoms with E-state index in [1.54, 1.807) is 31.5 Å². The molecular formula is C21H29F3N4O3S. The van der Waals surface area contributed by atoms with Crippen molar-refractivity contribution >= 4 is 27.0 Å². The Morgan fingerprint density at radius 3 is 2.56 bits per heavy atom. The zero-order chi connectivity index (χ0) is 23.7. The highest BCUT2D eigenvalue weighted by molar-refractivity contribution is 7.89. The van der Waals surface area contributed by atoms with Crippen LogP contribution < -0.4 is 0 Å². The van der Waals surface area contributed by atoms with Crippen LogP contribution in [-0.4, -0.2) is 65.4 Å². The Labute approximate surface area is 186 Å². The number of aryl methyl sites for hydroxylation is 2. The molecule has 1 aliphatic rings. The molecule has 1 aliphatic heterocycles. The number of alkyl halides is 3. The number of carbonyl (C=O) groups is 1. The Bertz CT molecular complexity index is 1080. The molecule has 1 atom stereocenters. The average molecular weight is 475 g/mol. The van der Waals surface area contributed by atoms with E-state index in [-0.39, 0.29) is 36.6 Å². The summed E-state index contributed by atoms with van der Waals surface area (Å²) in [5, 5.41) is 0. The highest BCUT2D eigenvalue weighted by Gasteiger charge is 2.42. The van der Waals surface area contributed by atoms with E-state index in [1.165, 1.54) is 21.3 Å². The molecule has 1 aromatic heterocycles. The van der Waals surface area contributed by atoms with Gasteiger partial charge in [0, 0.05) is 46.1 Å². The molecule has 2 heterocycles. The van der Waals surface area contributed by atoms with E-state index in [0.29, 0.717) is 37.4 Å². The predicted molar refractivity (Wildman–Crippen MR) is 115 cm³/mol. The van der Waals surface area contributed by atoms with Crippen LogP contribution in [0.25, 0.3) is 11.0 Å². The lowest BCUT2D eigenvalue weighted by Gasteiger charge is -2.33. The van der Waals surface area contributed by atoms with Crippen LogP contribution in [0.5, 0.6) is 0 Å². The Hall–Kier alpha value is -2.14. The lowest BCUT2D eigenvalue weighted by molar-refractivity contribution is -0.188. The third kappa shape index (κ3) is 4.93. The first-order valence-corrected chi connectivity index (χ1v) is 12.2. The number of halogens is 3. The summed E-state index contributed by atoms with van der Waals surface area (Å²) in [5.74, 6) is -1.21. The molecule has 3 rings (SSSR count). The standard InChI is InChI=1S/C21H29F3N4O3S/c1-4-28(5-2)32(30,31)16-8-9-18-17(13-16)25-19(26(18)3)10-11-20(29)27-12-6-7-15(14-27)21(22,23)24/h8-9,13,15H,4-7,10-12,14H2,1-3H3. The number of hydrogen-bond donors (Lipinski definition) is 0. The fraction of sp³-hybridized carbons (Fsp3) is 0.619. The Morgan fingerprint density at radius 1 is 1.25 bits per heavy atom. The van der Waals surface area contributed by atoms with Crippen molar-refractivity contribution in [3.63, 3.8) is 0 Å². The summed E-state index contributed by atoms with van der Waals surface area (Å²) in [7, 11) is -1.85. The zero-order valence-corrected chi connectivity index (χ0v) is 19.3. The first-order valence-electron chi connectivity index (χ1n) is 10.8. The number of hydrogen-bond acceptors (Lipinski definition) is 4. The lowest BCUT2D eigenvalue weighted by atomic mass is 9.97. The second-order valence-electron chi connectivity index (χ2n) is 8.05. The number of carbonyl (C=O) groups excluding carboxylic acids is 1. The zero-order valence-electron chi connectivity index (χ0n) is 18.5. The van der Waals surface area contributed by atoms with Crippen LogP contribution in [0.4, 0.5) is 13.2 Å². The van der Waals surface area contributed by atoms with E-state index in [9.17, 15) is 26.4 Å². The minimum atomic E-state index is -4.29. The molecule has 1 unspecified atom stereocenters. The van der Waals surface area contributed by atoms with Crippen LogP contribution >= 0.6 is 0 Å². The molecule has 0 radical (unpaired) electrons. The van der Waals surface area contributed by atoms with Crippen molar-refractivity contribution in [3.8, 4) is 0 Å². The van der Waals surface area contributed by atoms with Crippen molar-refractivity contribution in [2.75, 3.05) is 26.2 Å². The van der Waals surface area contributed by atoms with Gasteiger partial charge in [0.05, 0.1) is 21.8 Å². The molecular weight excluding hydrogens is 445 g/mol. The molecule has 178 valence electrons. The average Bonchev–Trinajstić information content (AvgIpc) is 3.07. The summed E-state index contributed by atoms with van der Waals surface area (Å²) in [4.78, 5) is 18.5. The second-order valence-corrected chi connectivity index (χ2v) is 9.99. The van der Waals surface area contributed by atoms with Gasteiger partial charge >= 0.3 is 6.18 Å². The third-order valence-corrected chi connectivity index (χ3v) is 8.13. The third-order valence-electron chi connectivity index (χ3n) is 6.09.